The zero-order valence-electron chi connectivity index (χ0n) is 23.9. The van der Waals surface area contributed by atoms with Crippen LogP contribution < -0.4 is 9.62 Å². The summed E-state index contributed by atoms with van der Waals surface area (Å²) in [6.45, 7) is 1.49. The van der Waals surface area contributed by atoms with Crippen molar-refractivity contribution in [2.75, 3.05) is 17.1 Å². The first-order chi connectivity index (χ1) is 20.0. The van der Waals surface area contributed by atoms with Gasteiger partial charge in [0.2, 0.25) is 21.8 Å². The van der Waals surface area contributed by atoms with Crippen molar-refractivity contribution in [2.45, 2.75) is 64.1 Å². The van der Waals surface area contributed by atoms with E-state index in [9.17, 15) is 18.0 Å². The van der Waals surface area contributed by atoms with Crippen molar-refractivity contribution in [2.24, 2.45) is 0 Å². The molecular formula is C32H37BrClN3O4S. The van der Waals surface area contributed by atoms with Crippen molar-refractivity contribution >= 4 is 55.1 Å². The molecule has 1 unspecified atom stereocenters. The van der Waals surface area contributed by atoms with E-state index in [1.54, 1.807) is 36.4 Å². The number of carbonyl (C=O) groups excluding carboxylic acids is 2. The lowest BCUT2D eigenvalue weighted by Crippen LogP contribution is -2.55. The number of rotatable bonds is 11. The topological polar surface area (TPSA) is 86.8 Å². The Bertz CT molecular complexity index is 1500. The van der Waals surface area contributed by atoms with Crippen LogP contribution in [0.15, 0.2) is 77.3 Å². The summed E-state index contributed by atoms with van der Waals surface area (Å²) in [5.74, 6) is -0.729. The van der Waals surface area contributed by atoms with E-state index in [1.807, 2.05) is 43.3 Å². The van der Waals surface area contributed by atoms with Gasteiger partial charge in [0, 0.05) is 28.5 Å². The summed E-state index contributed by atoms with van der Waals surface area (Å²) < 4.78 is 27.9. The number of amides is 2. The number of anilines is 1. The van der Waals surface area contributed by atoms with Gasteiger partial charge in [-0.25, -0.2) is 8.42 Å². The number of hydrogen-bond donors (Lipinski definition) is 1. The summed E-state index contributed by atoms with van der Waals surface area (Å²) in [5, 5.41) is 3.71. The van der Waals surface area contributed by atoms with Gasteiger partial charge in [-0.1, -0.05) is 89.3 Å². The lowest BCUT2D eigenvalue weighted by molar-refractivity contribution is -0.140. The molecule has 7 nitrogen and oxygen atoms in total. The van der Waals surface area contributed by atoms with Gasteiger partial charge in [0.15, 0.2) is 0 Å². The molecule has 0 bridgehead atoms. The monoisotopic (exact) mass is 673 g/mol. The number of nitrogens with one attached hydrogen (secondary N) is 1. The molecule has 1 aliphatic carbocycles. The number of carbonyl (C=O) groups is 2. The van der Waals surface area contributed by atoms with E-state index in [2.05, 4.69) is 21.2 Å². The van der Waals surface area contributed by atoms with Crippen LogP contribution in [0.4, 0.5) is 5.69 Å². The highest BCUT2D eigenvalue weighted by atomic mass is 79.9. The molecule has 0 radical (unpaired) electrons. The van der Waals surface area contributed by atoms with E-state index in [4.69, 9.17) is 11.6 Å². The molecular weight excluding hydrogens is 638 g/mol. The second-order valence-corrected chi connectivity index (χ2v) is 14.1. The Hall–Kier alpha value is -2.88. The Morgan fingerprint density at radius 3 is 2.31 bits per heavy atom. The molecule has 0 saturated heterocycles. The molecule has 10 heteroatoms. The van der Waals surface area contributed by atoms with Crippen molar-refractivity contribution < 1.29 is 18.0 Å². The summed E-state index contributed by atoms with van der Waals surface area (Å²) in [6.07, 6.45) is 6.41. The molecule has 42 heavy (non-hydrogen) atoms. The van der Waals surface area contributed by atoms with E-state index in [-0.39, 0.29) is 24.9 Å². The fraction of sp³-hybridized carbons (Fsp3) is 0.375. The van der Waals surface area contributed by atoms with Crippen molar-refractivity contribution in [1.82, 2.24) is 10.2 Å². The Morgan fingerprint density at radius 1 is 0.976 bits per heavy atom. The molecule has 4 rings (SSSR count). The Kier molecular flexibility index (Phi) is 11.1. The third-order valence-corrected chi connectivity index (χ3v) is 9.84. The van der Waals surface area contributed by atoms with Crippen LogP contribution in [0.3, 0.4) is 0 Å². The van der Waals surface area contributed by atoms with Crippen molar-refractivity contribution in [3.8, 4) is 0 Å². The minimum Gasteiger partial charge on any atom is -0.352 e. The van der Waals surface area contributed by atoms with E-state index in [1.165, 1.54) is 4.90 Å². The predicted octanol–water partition coefficient (Wildman–Crippen LogP) is 6.27. The number of nitrogens with zero attached hydrogens (tertiary/aromatic N) is 2. The number of aryl methyl sites for hydroxylation is 1. The second-order valence-electron chi connectivity index (χ2n) is 10.9. The van der Waals surface area contributed by atoms with Crippen molar-refractivity contribution in [3.63, 3.8) is 0 Å². The Morgan fingerprint density at radius 2 is 1.67 bits per heavy atom. The van der Waals surface area contributed by atoms with Gasteiger partial charge in [-0.2, -0.15) is 0 Å². The summed E-state index contributed by atoms with van der Waals surface area (Å²) in [6, 6.07) is 21.0. The minimum atomic E-state index is -3.83. The third-order valence-electron chi connectivity index (χ3n) is 7.57. The van der Waals surface area contributed by atoms with Gasteiger partial charge < -0.3 is 10.2 Å². The zero-order valence-corrected chi connectivity index (χ0v) is 27.1. The maximum absolute atomic E-state index is 14.2. The van der Waals surface area contributed by atoms with E-state index < -0.39 is 28.5 Å². The number of benzene rings is 3. The summed E-state index contributed by atoms with van der Waals surface area (Å²) in [7, 11) is -3.83. The molecule has 0 aromatic heterocycles. The van der Waals surface area contributed by atoms with Crippen molar-refractivity contribution in [1.29, 1.82) is 0 Å². The SMILES string of the molecule is Cc1cc(N(CC(=O)N(Cc2cccc(Cl)c2)C(Cc2ccccc2)C(=O)NC2CCCCC2)S(C)(=O)=O)ccc1Br. The minimum absolute atomic E-state index is 0.0471. The summed E-state index contributed by atoms with van der Waals surface area (Å²) in [4.78, 5) is 29.7. The van der Waals surface area contributed by atoms with E-state index in [0.717, 1.165) is 63.8 Å². The van der Waals surface area contributed by atoms with Gasteiger partial charge in [0.05, 0.1) is 11.9 Å². The highest BCUT2D eigenvalue weighted by Gasteiger charge is 2.34. The Balaban J connectivity index is 1.73. The first-order valence-corrected chi connectivity index (χ1v) is 17.2. The van der Waals surface area contributed by atoms with Crippen LogP contribution in [0.25, 0.3) is 0 Å². The molecule has 0 spiro atoms. The number of halogens is 2. The van der Waals surface area contributed by atoms with Crippen LogP contribution in [-0.4, -0.2) is 50.0 Å². The van der Waals surface area contributed by atoms with Gasteiger partial charge in [-0.15, -0.1) is 0 Å². The van der Waals surface area contributed by atoms with Crippen LogP contribution in [0, 0.1) is 6.92 Å². The smallest absolute Gasteiger partial charge is 0.244 e. The fourth-order valence-electron chi connectivity index (χ4n) is 5.33. The standard InChI is InChI=1S/C32H37BrClN3O4S/c1-23-18-28(16-17-29(23)33)37(42(2,40)41)22-31(38)36(21-25-12-9-13-26(34)19-25)30(20-24-10-5-3-6-11-24)32(39)35-27-14-7-4-8-15-27/h3,5-6,9-13,16-19,27,30H,4,7-8,14-15,20-22H2,1-2H3,(H,35,39). The molecule has 3 aromatic carbocycles. The molecule has 1 aliphatic rings. The van der Waals surface area contributed by atoms with Crippen LogP contribution in [0.1, 0.15) is 48.8 Å². The maximum Gasteiger partial charge on any atom is 0.244 e. The molecule has 3 aromatic rings. The fourth-order valence-corrected chi connectivity index (χ4v) is 6.63. The van der Waals surface area contributed by atoms with Gasteiger partial charge in [0.25, 0.3) is 0 Å². The summed E-state index contributed by atoms with van der Waals surface area (Å²) in [5.41, 5.74) is 2.84. The van der Waals surface area contributed by atoms with Crippen LogP contribution in [-0.2, 0) is 32.6 Å². The molecule has 1 atom stereocenters. The van der Waals surface area contributed by atoms with Crippen LogP contribution >= 0.6 is 27.5 Å². The van der Waals surface area contributed by atoms with Gasteiger partial charge >= 0.3 is 0 Å². The average molecular weight is 675 g/mol. The highest BCUT2D eigenvalue weighted by Crippen LogP contribution is 2.26. The lowest BCUT2D eigenvalue weighted by atomic mass is 9.94. The second kappa shape index (κ2) is 14.5. The lowest BCUT2D eigenvalue weighted by Gasteiger charge is -2.35. The first kappa shape index (κ1) is 32.0. The summed E-state index contributed by atoms with van der Waals surface area (Å²) >= 11 is 9.74. The molecule has 0 aliphatic heterocycles. The van der Waals surface area contributed by atoms with E-state index in [0.29, 0.717) is 10.7 Å². The molecule has 1 saturated carbocycles. The van der Waals surface area contributed by atoms with Crippen LogP contribution in [0.5, 0.6) is 0 Å². The highest BCUT2D eigenvalue weighted by molar-refractivity contribution is 9.10. The third kappa shape index (κ3) is 8.82. The quantitative estimate of drug-likeness (QED) is 0.260. The molecule has 2 amide bonds. The van der Waals surface area contributed by atoms with Gasteiger partial charge in [-0.3, -0.25) is 13.9 Å². The number of sulfonamides is 1. The maximum atomic E-state index is 14.2. The van der Waals surface area contributed by atoms with Crippen LogP contribution in [0.2, 0.25) is 5.02 Å². The number of hydrogen-bond acceptors (Lipinski definition) is 4. The van der Waals surface area contributed by atoms with Gasteiger partial charge in [0.1, 0.15) is 12.6 Å². The molecule has 224 valence electrons. The zero-order chi connectivity index (χ0) is 30.3. The van der Waals surface area contributed by atoms with Crippen molar-refractivity contribution in [3.05, 3.63) is 99.0 Å². The average Bonchev–Trinajstić information content (AvgIpc) is 2.95. The molecule has 0 heterocycles. The normalized spacial score (nSPS) is 14.7. The molecule has 1 fully saturated rings. The first-order valence-electron chi connectivity index (χ1n) is 14.1. The van der Waals surface area contributed by atoms with Gasteiger partial charge in [-0.05, 0) is 66.8 Å². The Labute approximate surface area is 262 Å². The largest absolute Gasteiger partial charge is 0.352 e. The predicted molar refractivity (Wildman–Crippen MR) is 172 cm³/mol. The molecule has 1 N–H and O–H groups in total. The van der Waals surface area contributed by atoms with E-state index >= 15 is 0 Å².